The molecule has 8 heteroatoms. The highest BCUT2D eigenvalue weighted by Gasteiger charge is 2.24. The lowest BCUT2D eigenvalue weighted by Crippen LogP contribution is -2.30. The molecule has 3 N–H and O–H groups in total. The summed E-state index contributed by atoms with van der Waals surface area (Å²) in [6, 6.07) is 12.6. The highest BCUT2D eigenvalue weighted by Crippen LogP contribution is 2.33. The van der Waals surface area contributed by atoms with E-state index in [1.165, 1.54) is 0 Å². The average molecular weight is 357 g/mol. The Morgan fingerprint density at radius 2 is 1.64 bits per heavy atom. The van der Waals surface area contributed by atoms with E-state index in [-0.39, 0.29) is 5.56 Å². The van der Waals surface area contributed by atoms with E-state index in [1.807, 2.05) is 18.2 Å². The zero-order valence-electron chi connectivity index (χ0n) is 13.2. The summed E-state index contributed by atoms with van der Waals surface area (Å²) in [5, 5.41) is 0. The number of carbonyl (C=O) groups excluding carboxylic acids is 1. The van der Waals surface area contributed by atoms with Crippen LogP contribution in [0.3, 0.4) is 0 Å². The molecule has 0 saturated heterocycles. The highest BCUT2D eigenvalue weighted by molar-refractivity contribution is 7.84. The van der Waals surface area contributed by atoms with Gasteiger partial charge in [0.1, 0.15) is 0 Å². The van der Waals surface area contributed by atoms with Crippen LogP contribution in [0.1, 0.15) is 15.9 Å². The van der Waals surface area contributed by atoms with E-state index < -0.39 is 16.2 Å². The molecule has 0 bridgehead atoms. The molecule has 2 aromatic heterocycles. The van der Waals surface area contributed by atoms with Crippen LogP contribution in [0.2, 0.25) is 0 Å². The molecule has 2 heterocycles. The Morgan fingerprint density at radius 1 is 1.04 bits per heavy atom. The normalized spacial score (nSPS) is 11.3. The van der Waals surface area contributed by atoms with Crippen molar-refractivity contribution in [3.05, 3.63) is 66.0 Å². The molecule has 0 aliphatic carbocycles. The quantitative estimate of drug-likeness (QED) is 0.621. The summed E-state index contributed by atoms with van der Waals surface area (Å²) >= 11 is 0. The topological polar surface area (TPSA) is 112 Å². The van der Waals surface area contributed by atoms with Gasteiger partial charge in [-0.2, -0.15) is 8.42 Å². The smallest absolute Gasteiger partial charge is 0.354 e. The number of carbonyl (C=O) groups is 1. The Morgan fingerprint density at radius 3 is 2.24 bits per heavy atom. The maximum Gasteiger partial charge on any atom is 0.359 e. The van der Waals surface area contributed by atoms with Crippen molar-refractivity contribution in [3.8, 4) is 22.5 Å². The molecular weight excluding hydrogens is 342 g/mol. The van der Waals surface area contributed by atoms with Crippen molar-refractivity contribution in [3.63, 3.8) is 0 Å². The van der Waals surface area contributed by atoms with E-state index >= 15 is 0 Å². The van der Waals surface area contributed by atoms with Crippen LogP contribution in [0, 0.1) is 6.92 Å². The van der Waals surface area contributed by atoms with Gasteiger partial charge in [0.2, 0.25) is 0 Å². The van der Waals surface area contributed by atoms with Gasteiger partial charge in [0.25, 0.3) is 5.91 Å². The van der Waals surface area contributed by atoms with Gasteiger partial charge in [-0.05, 0) is 30.2 Å². The fraction of sp³-hybridized carbons (Fsp3) is 0.0588. The SMILES string of the molecule is Cc1c(-c2ccncc2)[nH]c(-c2ccccc2)c1C(=O)NS(=O)(=O)O. The molecule has 0 fully saturated rings. The molecule has 0 aliphatic heterocycles. The molecule has 128 valence electrons. The number of rotatable bonds is 4. The number of aromatic nitrogens is 2. The van der Waals surface area contributed by atoms with E-state index in [4.69, 9.17) is 4.55 Å². The van der Waals surface area contributed by atoms with Gasteiger partial charge in [-0.25, -0.2) is 4.72 Å². The lowest BCUT2D eigenvalue weighted by molar-refractivity contribution is 0.0979. The minimum atomic E-state index is -4.67. The number of aromatic amines is 1. The molecule has 1 aromatic carbocycles. The number of nitrogens with zero attached hydrogens (tertiary/aromatic N) is 1. The third kappa shape index (κ3) is 3.59. The molecule has 0 saturated carbocycles. The maximum absolute atomic E-state index is 12.4. The van der Waals surface area contributed by atoms with E-state index in [2.05, 4.69) is 9.97 Å². The fourth-order valence-corrected chi connectivity index (χ4v) is 3.01. The van der Waals surface area contributed by atoms with Crippen molar-refractivity contribution < 1.29 is 17.8 Å². The van der Waals surface area contributed by atoms with Gasteiger partial charge in [-0.1, -0.05) is 30.3 Å². The summed E-state index contributed by atoms with van der Waals surface area (Å²) in [4.78, 5) is 19.6. The predicted molar refractivity (Wildman–Crippen MR) is 93.2 cm³/mol. The lowest BCUT2D eigenvalue weighted by Gasteiger charge is -2.05. The Bertz CT molecular complexity index is 1010. The number of hydrogen-bond donors (Lipinski definition) is 3. The molecule has 0 unspecified atom stereocenters. The number of nitrogens with one attached hydrogen (secondary N) is 2. The summed E-state index contributed by atoms with van der Waals surface area (Å²) in [5.41, 5.74) is 3.36. The Kier molecular flexibility index (Phi) is 4.39. The molecular formula is C17H15N3O4S. The third-order valence-electron chi connectivity index (χ3n) is 3.73. The van der Waals surface area contributed by atoms with Gasteiger partial charge in [-0.3, -0.25) is 14.3 Å². The standard InChI is InChI=1S/C17H15N3O4S/c1-11-14(17(21)20-25(22,23)24)16(12-5-3-2-4-6-12)19-15(11)13-7-9-18-10-8-13/h2-10,19H,1H3,(H,20,21)(H,22,23,24). The monoisotopic (exact) mass is 357 g/mol. The molecule has 1 amide bonds. The number of pyridine rings is 1. The van der Waals surface area contributed by atoms with Crippen LogP contribution >= 0.6 is 0 Å². The van der Waals surface area contributed by atoms with E-state index in [0.717, 1.165) is 5.56 Å². The van der Waals surface area contributed by atoms with Crippen LogP contribution in [-0.2, 0) is 10.3 Å². The number of H-pyrrole nitrogens is 1. The predicted octanol–water partition coefficient (Wildman–Crippen LogP) is 2.58. The third-order valence-corrected chi connectivity index (χ3v) is 4.17. The van der Waals surface area contributed by atoms with Gasteiger partial charge in [0.05, 0.1) is 11.3 Å². The maximum atomic E-state index is 12.4. The largest absolute Gasteiger partial charge is 0.359 e. The van der Waals surface area contributed by atoms with Crippen LogP contribution in [0.15, 0.2) is 54.9 Å². The molecule has 3 aromatic rings. The van der Waals surface area contributed by atoms with Crippen molar-refractivity contribution in [2.24, 2.45) is 0 Å². The molecule has 25 heavy (non-hydrogen) atoms. The van der Waals surface area contributed by atoms with Crippen LogP contribution in [0.25, 0.3) is 22.5 Å². The van der Waals surface area contributed by atoms with Crippen LogP contribution in [-0.4, -0.2) is 28.8 Å². The molecule has 7 nitrogen and oxygen atoms in total. The summed E-state index contributed by atoms with van der Waals surface area (Å²) in [5.74, 6) is -0.907. The molecule has 0 atom stereocenters. The van der Waals surface area contributed by atoms with Gasteiger partial charge in [0.15, 0.2) is 0 Å². The van der Waals surface area contributed by atoms with Crippen LogP contribution < -0.4 is 4.72 Å². The van der Waals surface area contributed by atoms with Gasteiger partial charge in [-0.15, -0.1) is 0 Å². The van der Waals surface area contributed by atoms with Crippen LogP contribution in [0.4, 0.5) is 0 Å². The minimum absolute atomic E-state index is 0.149. The van der Waals surface area contributed by atoms with Crippen molar-refractivity contribution >= 4 is 16.2 Å². The van der Waals surface area contributed by atoms with Crippen molar-refractivity contribution in [2.75, 3.05) is 0 Å². The second kappa shape index (κ2) is 6.50. The van der Waals surface area contributed by atoms with Crippen molar-refractivity contribution in [1.29, 1.82) is 0 Å². The first-order valence-electron chi connectivity index (χ1n) is 7.35. The van der Waals surface area contributed by atoms with Crippen molar-refractivity contribution in [2.45, 2.75) is 6.92 Å². The molecule has 0 spiro atoms. The Labute approximate surface area is 144 Å². The molecule has 0 radical (unpaired) electrons. The zero-order chi connectivity index (χ0) is 18.0. The summed E-state index contributed by atoms with van der Waals surface area (Å²) in [6.07, 6.45) is 3.24. The summed E-state index contributed by atoms with van der Waals surface area (Å²) in [7, 11) is -4.67. The second-order valence-corrected chi connectivity index (χ2v) is 6.54. The van der Waals surface area contributed by atoms with Gasteiger partial charge >= 0.3 is 10.3 Å². The first-order valence-corrected chi connectivity index (χ1v) is 8.79. The fourth-order valence-electron chi connectivity index (χ4n) is 2.67. The molecule has 3 rings (SSSR count). The number of benzene rings is 1. The number of amides is 1. The van der Waals surface area contributed by atoms with Crippen LogP contribution in [0.5, 0.6) is 0 Å². The van der Waals surface area contributed by atoms with Gasteiger partial charge < -0.3 is 4.98 Å². The molecule has 0 aliphatic rings. The summed E-state index contributed by atoms with van der Waals surface area (Å²) < 4.78 is 32.7. The minimum Gasteiger partial charge on any atom is -0.354 e. The Balaban J connectivity index is 2.21. The zero-order valence-corrected chi connectivity index (χ0v) is 14.0. The Hall–Kier alpha value is -2.97. The first kappa shape index (κ1) is 16.9. The van der Waals surface area contributed by atoms with E-state index in [1.54, 1.807) is 48.3 Å². The first-order chi connectivity index (χ1) is 11.9. The average Bonchev–Trinajstić information content (AvgIpc) is 2.92. The van der Waals surface area contributed by atoms with E-state index in [9.17, 15) is 13.2 Å². The highest BCUT2D eigenvalue weighted by atomic mass is 32.2. The van der Waals surface area contributed by atoms with Crippen molar-refractivity contribution in [1.82, 2.24) is 14.7 Å². The van der Waals surface area contributed by atoms with Gasteiger partial charge in [0, 0.05) is 23.7 Å². The lowest BCUT2D eigenvalue weighted by atomic mass is 10.0. The second-order valence-electron chi connectivity index (χ2n) is 5.38. The summed E-state index contributed by atoms with van der Waals surface area (Å²) in [6.45, 7) is 1.71. The van der Waals surface area contributed by atoms with E-state index in [0.29, 0.717) is 22.5 Å². The number of hydrogen-bond acceptors (Lipinski definition) is 4.